The van der Waals surface area contributed by atoms with Crippen molar-refractivity contribution in [3.8, 4) is 0 Å². The molecule has 6 rings (SSSR count). The third-order valence-corrected chi connectivity index (χ3v) is 27.3. The molecule has 0 amide bonds. The fourth-order valence-electron chi connectivity index (χ4n) is 6.86. The summed E-state index contributed by atoms with van der Waals surface area (Å²) >= 11 is 0. The van der Waals surface area contributed by atoms with Gasteiger partial charge < -0.3 is 8.23 Å². The van der Waals surface area contributed by atoms with Crippen LogP contribution in [0.15, 0.2) is 205 Å². The molecule has 2 nitrogen and oxygen atoms in total. The number of rotatable bonds is 16. The van der Waals surface area contributed by atoms with Gasteiger partial charge in [-0.15, -0.1) is 11.4 Å². The molecule has 0 bridgehead atoms. The van der Waals surface area contributed by atoms with Gasteiger partial charge in [0.05, 0.1) is 19.0 Å². The summed E-state index contributed by atoms with van der Waals surface area (Å²) in [7, 11) is -10.2. The van der Waals surface area contributed by atoms with Crippen molar-refractivity contribution in [3.05, 3.63) is 205 Å². The van der Waals surface area contributed by atoms with Gasteiger partial charge in [-0.3, -0.25) is 0 Å². The molecule has 0 unspecified atom stereocenters. The van der Waals surface area contributed by atoms with Crippen LogP contribution in [0.1, 0.15) is 13.8 Å². The molecule has 0 aliphatic carbocycles. The molecule has 0 radical (unpaired) electrons. The van der Waals surface area contributed by atoms with E-state index in [1.54, 1.807) is 0 Å². The van der Waals surface area contributed by atoms with E-state index in [4.69, 9.17) is 8.23 Å². The van der Waals surface area contributed by atoms with Gasteiger partial charge in [-0.2, -0.15) is 0 Å². The van der Waals surface area contributed by atoms with E-state index in [2.05, 4.69) is 219 Å². The molecule has 0 heterocycles. The third-order valence-electron chi connectivity index (χ3n) is 9.68. The van der Waals surface area contributed by atoms with E-state index < -0.39 is 44.2 Å². The zero-order chi connectivity index (χ0) is 35.2. The molecule has 51 heavy (non-hydrogen) atoms. The summed E-state index contributed by atoms with van der Waals surface area (Å²) in [5.74, 6) is 0. The lowest BCUT2D eigenvalue weighted by Crippen LogP contribution is -2.71. The summed E-state index contributed by atoms with van der Waals surface area (Å²) in [6.45, 7) is 4.59. The lowest BCUT2D eigenvalue weighted by atomic mass is 10.4. The highest BCUT2D eigenvalue weighted by atomic mass is 28.5. The highest BCUT2D eigenvalue weighted by Gasteiger charge is 2.52. The van der Waals surface area contributed by atoms with Crippen LogP contribution in [0.2, 0.25) is 12.1 Å². The fourth-order valence-corrected chi connectivity index (χ4v) is 26.8. The van der Waals surface area contributed by atoms with Crippen molar-refractivity contribution < 1.29 is 8.23 Å². The average Bonchev–Trinajstić information content (AvgIpc) is 3.22. The molecule has 0 atom stereocenters. The standard InChI is InChI=1S/C44H48O2Si5/c1-3-49(4-2,45-50(41-27-15-7-16-28-41,42-29-17-8-18-30-42)37-35-47-39-23-11-5-12-24-39)46-51(43-31-19-9-20-32-43,44-33-21-10-22-34-44)38-36-48-40-25-13-6-14-26-40/h5-38H,3-4,47-48H2,1-2H3. The van der Waals surface area contributed by atoms with E-state index in [1.807, 2.05) is 0 Å². The minimum atomic E-state index is -2.97. The van der Waals surface area contributed by atoms with Crippen LogP contribution in [0.5, 0.6) is 0 Å². The molecule has 0 N–H and O–H groups in total. The van der Waals surface area contributed by atoms with Crippen LogP contribution in [0.4, 0.5) is 0 Å². The van der Waals surface area contributed by atoms with Crippen molar-refractivity contribution >= 4 is 75.4 Å². The van der Waals surface area contributed by atoms with Gasteiger partial charge in [0.1, 0.15) is 0 Å². The molecule has 0 saturated heterocycles. The van der Waals surface area contributed by atoms with E-state index in [-0.39, 0.29) is 0 Å². The van der Waals surface area contributed by atoms with Crippen LogP contribution in [0.25, 0.3) is 0 Å². The Labute approximate surface area is 312 Å². The van der Waals surface area contributed by atoms with Gasteiger partial charge in [0.15, 0.2) is 0 Å². The molecular formula is C44H48O2Si5. The van der Waals surface area contributed by atoms with Crippen molar-refractivity contribution in [3.63, 3.8) is 0 Å². The average molecular weight is 749 g/mol. The maximum atomic E-state index is 8.10. The molecule has 0 spiro atoms. The highest BCUT2D eigenvalue weighted by Crippen LogP contribution is 2.29. The maximum Gasteiger partial charge on any atom is 0.318 e. The summed E-state index contributed by atoms with van der Waals surface area (Å²) in [5.41, 5.74) is 9.96. The minimum Gasteiger partial charge on any atom is -0.426 e. The van der Waals surface area contributed by atoms with E-state index in [1.165, 1.54) is 31.1 Å². The summed E-state index contributed by atoms with van der Waals surface area (Å²) in [6, 6.07) is 67.5. The van der Waals surface area contributed by atoms with E-state index in [0.717, 1.165) is 12.1 Å². The Morgan fingerprint density at radius 2 is 0.647 bits per heavy atom. The first-order valence-electron chi connectivity index (χ1n) is 18.2. The molecule has 7 heteroatoms. The number of hydrogen-bond acceptors (Lipinski definition) is 2. The molecule has 6 aromatic carbocycles. The Balaban J connectivity index is 1.53. The van der Waals surface area contributed by atoms with Gasteiger partial charge in [0, 0.05) is 0 Å². The Morgan fingerprint density at radius 3 is 0.902 bits per heavy atom. The summed E-state index contributed by atoms with van der Waals surface area (Å²) in [5, 5.41) is 7.89. The predicted molar refractivity (Wildman–Crippen MR) is 232 cm³/mol. The molecule has 6 aromatic rings. The Bertz CT molecular complexity index is 1730. The predicted octanol–water partition coefficient (Wildman–Crippen LogP) is 5.12. The van der Waals surface area contributed by atoms with Crippen LogP contribution in [0.3, 0.4) is 0 Å². The molecule has 0 aliphatic heterocycles. The van der Waals surface area contributed by atoms with Crippen molar-refractivity contribution in [2.45, 2.75) is 25.9 Å². The monoisotopic (exact) mass is 748 g/mol. The minimum absolute atomic E-state index is 0.670. The molecular weight excluding hydrogens is 701 g/mol. The normalized spacial score (nSPS) is 12.9. The Hall–Kier alpha value is -4.20. The summed E-state index contributed by atoms with van der Waals surface area (Å²) < 4.78 is 16.2. The summed E-state index contributed by atoms with van der Waals surface area (Å²) in [4.78, 5) is 0. The van der Waals surface area contributed by atoms with Crippen LogP contribution < -0.4 is 31.1 Å². The first-order chi connectivity index (χ1) is 25.1. The lowest BCUT2D eigenvalue weighted by Gasteiger charge is -2.45. The first-order valence-corrected chi connectivity index (χ1v) is 27.4. The molecule has 0 aromatic heterocycles. The third kappa shape index (κ3) is 8.82. The Kier molecular flexibility index (Phi) is 12.8. The van der Waals surface area contributed by atoms with Gasteiger partial charge in [-0.05, 0) is 32.8 Å². The maximum absolute atomic E-state index is 8.10. The first kappa shape index (κ1) is 36.6. The van der Waals surface area contributed by atoms with Crippen LogP contribution in [0, 0.1) is 0 Å². The van der Waals surface area contributed by atoms with Gasteiger partial charge in [0.25, 0.3) is 16.6 Å². The topological polar surface area (TPSA) is 18.5 Å². The van der Waals surface area contributed by atoms with E-state index >= 15 is 0 Å². The van der Waals surface area contributed by atoms with Crippen LogP contribution in [-0.4, -0.2) is 44.2 Å². The lowest BCUT2D eigenvalue weighted by molar-refractivity contribution is 0.391. The summed E-state index contributed by atoms with van der Waals surface area (Å²) in [6.07, 6.45) is 0. The molecule has 0 aliphatic rings. The highest BCUT2D eigenvalue weighted by molar-refractivity contribution is 7.09. The SMILES string of the molecule is CC[Si](CC)(O[Si](C=C[SiH2]c1ccccc1)(c1ccccc1)c1ccccc1)O[Si](C=C[SiH2]c1ccccc1)(c1ccccc1)c1ccccc1. The Morgan fingerprint density at radius 1 is 0.392 bits per heavy atom. The zero-order valence-corrected chi connectivity index (χ0v) is 35.6. The quantitative estimate of drug-likeness (QED) is 0.128. The second-order valence-electron chi connectivity index (χ2n) is 12.9. The van der Waals surface area contributed by atoms with Gasteiger partial charge in [-0.1, -0.05) is 218 Å². The second-order valence-corrected chi connectivity index (χ2v) is 27.1. The fraction of sp³-hybridized carbons (Fsp3) is 0.0909. The van der Waals surface area contributed by atoms with Crippen molar-refractivity contribution in [2.24, 2.45) is 0 Å². The number of hydrogen-bond donors (Lipinski definition) is 0. The van der Waals surface area contributed by atoms with Crippen molar-refractivity contribution in [1.29, 1.82) is 0 Å². The van der Waals surface area contributed by atoms with Crippen molar-refractivity contribution in [1.82, 2.24) is 0 Å². The zero-order valence-electron chi connectivity index (χ0n) is 29.8. The smallest absolute Gasteiger partial charge is 0.318 e. The van der Waals surface area contributed by atoms with Crippen molar-refractivity contribution in [2.75, 3.05) is 0 Å². The van der Waals surface area contributed by atoms with E-state index in [9.17, 15) is 0 Å². The van der Waals surface area contributed by atoms with Gasteiger partial charge >= 0.3 is 8.56 Å². The molecule has 0 saturated carbocycles. The van der Waals surface area contributed by atoms with E-state index in [0.29, 0.717) is 0 Å². The largest absolute Gasteiger partial charge is 0.426 e. The van der Waals surface area contributed by atoms with Gasteiger partial charge in [0.2, 0.25) is 0 Å². The second kappa shape index (κ2) is 17.8. The molecule has 0 fully saturated rings. The molecule has 256 valence electrons. The van der Waals surface area contributed by atoms with Crippen LogP contribution >= 0.6 is 0 Å². The number of benzene rings is 6. The van der Waals surface area contributed by atoms with Crippen LogP contribution in [-0.2, 0) is 8.23 Å². The van der Waals surface area contributed by atoms with Gasteiger partial charge in [-0.25, -0.2) is 0 Å².